The van der Waals surface area contributed by atoms with Crippen LogP contribution in [0.3, 0.4) is 0 Å². The first-order chi connectivity index (χ1) is 11.6. The number of anilines is 1. The molecule has 7 heteroatoms. The van der Waals surface area contributed by atoms with Crippen LogP contribution >= 0.6 is 23.5 Å². The number of hydrogen-bond acceptors (Lipinski definition) is 5. The van der Waals surface area contributed by atoms with E-state index in [1.54, 1.807) is 47.8 Å². The molecule has 0 radical (unpaired) electrons. The summed E-state index contributed by atoms with van der Waals surface area (Å²) in [6, 6.07) is 9.11. The van der Waals surface area contributed by atoms with Gasteiger partial charge in [-0.05, 0) is 36.9 Å². The van der Waals surface area contributed by atoms with E-state index >= 15 is 0 Å². The normalized spacial score (nSPS) is 18.6. The van der Waals surface area contributed by atoms with Crippen molar-refractivity contribution >= 4 is 41.2 Å². The van der Waals surface area contributed by atoms with E-state index in [-0.39, 0.29) is 23.2 Å². The fourth-order valence-corrected chi connectivity index (χ4v) is 4.87. The highest BCUT2D eigenvalue weighted by Crippen LogP contribution is 2.40. The predicted octanol–water partition coefficient (Wildman–Crippen LogP) is 2.70. The highest BCUT2D eigenvalue weighted by molar-refractivity contribution is 8.17. The SMILES string of the molecule is CSC1Nc2c(cc(C)c[n+]2CN2C(=O)c3ccccc3C2=O)S1. The number of carbonyl (C=O) groups excluding carboxylic acids is 2. The maximum atomic E-state index is 12.6. The number of rotatable bonds is 3. The van der Waals surface area contributed by atoms with E-state index in [0.29, 0.717) is 11.1 Å². The highest BCUT2D eigenvalue weighted by atomic mass is 32.2. The lowest BCUT2D eigenvalue weighted by atomic mass is 10.1. The first-order valence-corrected chi connectivity index (χ1v) is 9.70. The molecular weight excluding hydrogens is 342 g/mol. The molecule has 1 atom stereocenters. The summed E-state index contributed by atoms with van der Waals surface area (Å²) in [5, 5.41) is 3.44. The molecule has 5 nitrogen and oxygen atoms in total. The maximum absolute atomic E-state index is 12.6. The van der Waals surface area contributed by atoms with Gasteiger partial charge in [-0.2, -0.15) is 0 Å². The number of aromatic nitrogens is 1. The molecule has 2 aliphatic heterocycles. The topological polar surface area (TPSA) is 53.3 Å². The van der Waals surface area contributed by atoms with E-state index < -0.39 is 0 Å². The number of imide groups is 1. The molecule has 0 saturated carbocycles. The second-order valence-corrected chi connectivity index (χ2v) is 8.14. The minimum absolute atomic E-state index is 0.213. The summed E-state index contributed by atoms with van der Waals surface area (Å²) in [6.07, 6.45) is 4.02. The van der Waals surface area contributed by atoms with Gasteiger partial charge in [0.2, 0.25) is 0 Å². The Labute approximate surface area is 148 Å². The number of nitrogens with zero attached hydrogens (tertiary/aromatic N) is 2. The van der Waals surface area contributed by atoms with Crippen LogP contribution in [-0.4, -0.2) is 27.7 Å². The molecule has 3 heterocycles. The Morgan fingerprint density at radius 1 is 1.25 bits per heavy atom. The minimum Gasteiger partial charge on any atom is -0.268 e. The molecule has 1 aromatic heterocycles. The van der Waals surface area contributed by atoms with Crippen LogP contribution < -0.4 is 9.88 Å². The molecule has 0 bridgehead atoms. The molecule has 2 amide bonds. The zero-order valence-electron chi connectivity index (χ0n) is 13.3. The number of amides is 2. The summed E-state index contributed by atoms with van der Waals surface area (Å²) in [7, 11) is 0. The van der Waals surface area contributed by atoms with Gasteiger partial charge < -0.3 is 0 Å². The van der Waals surface area contributed by atoms with Gasteiger partial charge in [-0.3, -0.25) is 14.9 Å². The van der Waals surface area contributed by atoms with Gasteiger partial charge in [0.1, 0.15) is 4.90 Å². The molecule has 2 aliphatic rings. The summed E-state index contributed by atoms with van der Waals surface area (Å²) >= 11 is 3.48. The van der Waals surface area contributed by atoms with Crippen LogP contribution in [-0.2, 0) is 6.67 Å². The summed E-state index contributed by atoms with van der Waals surface area (Å²) in [5.74, 6) is 0.498. The van der Waals surface area contributed by atoms with Crippen LogP contribution in [0.5, 0.6) is 0 Å². The fourth-order valence-electron chi connectivity index (χ4n) is 3.00. The molecule has 1 aromatic carbocycles. The van der Waals surface area contributed by atoms with E-state index in [9.17, 15) is 9.59 Å². The number of nitrogens with one attached hydrogen (secondary N) is 1. The quantitative estimate of drug-likeness (QED) is 0.675. The van der Waals surface area contributed by atoms with Crippen LogP contribution in [0.25, 0.3) is 0 Å². The Balaban J connectivity index is 1.69. The van der Waals surface area contributed by atoms with Crippen molar-refractivity contribution in [1.29, 1.82) is 0 Å². The largest absolute Gasteiger partial charge is 0.291 e. The van der Waals surface area contributed by atoms with Gasteiger partial charge >= 0.3 is 0 Å². The predicted molar refractivity (Wildman–Crippen MR) is 95.1 cm³/mol. The van der Waals surface area contributed by atoms with Crippen molar-refractivity contribution in [3.8, 4) is 0 Å². The van der Waals surface area contributed by atoms with Gasteiger partial charge in [0.15, 0.2) is 11.4 Å². The van der Waals surface area contributed by atoms with Crippen LogP contribution in [0.2, 0.25) is 0 Å². The van der Waals surface area contributed by atoms with E-state index in [1.165, 1.54) is 4.90 Å². The monoisotopic (exact) mass is 358 g/mol. The molecule has 0 spiro atoms. The average Bonchev–Trinajstić information content (AvgIpc) is 3.10. The fraction of sp³-hybridized carbons (Fsp3) is 0.235. The van der Waals surface area contributed by atoms with Gasteiger partial charge in [-0.15, -0.1) is 11.8 Å². The van der Waals surface area contributed by atoms with E-state index in [1.807, 2.05) is 17.7 Å². The van der Waals surface area contributed by atoms with E-state index in [2.05, 4.69) is 17.6 Å². The Hall–Kier alpha value is -1.99. The standard InChI is InChI=1S/C17H15N3O2S2/c1-10-7-13-14(18-17(23-2)24-13)19(8-10)9-20-15(21)11-5-3-4-6-12(11)16(20)22/h3-8,17H,9H2,1-2H3/p+1. The molecule has 122 valence electrons. The van der Waals surface area contributed by atoms with Crippen LogP contribution in [0.15, 0.2) is 41.4 Å². The van der Waals surface area contributed by atoms with Crippen molar-refractivity contribution in [3.63, 3.8) is 0 Å². The van der Waals surface area contributed by atoms with Gasteiger partial charge in [0.25, 0.3) is 17.6 Å². The third kappa shape index (κ3) is 2.39. The molecule has 24 heavy (non-hydrogen) atoms. The minimum atomic E-state index is -0.231. The Kier molecular flexibility index (Phi) is 3.77. The number of hydrogen-bond donors (Lipinski definition) is 1. The van der Waals surface area contributed by atoms with Gasteiger partial charge in [-0.25, -0.2) is 9.47 Å². The van der Waals surface area contributed by atoms with Crippen molar-refractivity contribution in [2.24, 2.45) is 0 Å². The van der Waals surface area contributed by atoms with Crippen LogP contribution in [0.4, 0.5) is 5.82 Å². The van der Waals surface area contributed by atoms with Gasteiger partial charge in [-0.1, -0.05) is 23.9 Å². The van der Waals surface area contributed by atoms with Crippen molar-refractivity contribution in [2.75, 3.05) is 11.6 Å². The van der Waals surface area contributed by atoms with E-state index in [4.69, 9.17) is 0 Å². The lowest BCUT2D eigenvalue weighted by Crippen LogP contribution is -2.48. The van der Waals surface area contributed by atoms with Crippen molar-refractivity contribution < 1.29 is 14.2 Å². The van der Waals surface area contributed by atoms with Crippen LogP contribution in [0.1, 0.15) is 26.3 Å². The molecule has 4 rings (SSSR count). The first-order valence-electron chi connectivity index (χ1n) is 7.54. The summed E-state index contributed by atoms with van der Waals surface area (Å²) in [4.78, 5) is 27.6. The molecule has 1 N–H and O–H groups in total. The lowest BCUT2D eigenvalue weighted by Gasteiger charge is -2.14. The number of thioether (sulfide) groups is 2. The summed E-state index contributed by atoms with van der Waals surface area (Å²) in [5.41, 5.74) is 2.06. The number of benzene rings is 1. The number of aryl methyl sites for hydroxylation is 1. The third-order valence-electron chi connectivity index (χ3n) is 4.11. The lowest BCUT2D eigenvalue weighted by molar-refractivity contribution is -0.697. The molecule has 2 aromatic rings. The molecule has 0 fully saturated rings. The smallest absolute Gasteiger partial charge is 0.268 e. The van der Waals surface area contributed by atoms with E-state index in [0.717, 1.165) is 16.3 Å². The number of carbonyl (C=O) groups is 2. The van der Waals surface area contributed by atoms with Crippen molar-refractivity contribution in [1.82, 2.24) is 4.90 Å². The average molecular weight is 358 g/mol. The van der Waals surface area contributed by atoms with Crippen LogP contribution in [0, 0.1) is 6.92 Å². The summed E-state index contributed by atoms with van der Waals surface area (Å²) < 4.78 is 2.20. The number of pyridine rings is 1. The first kappa shape index (κ1) is 15.5. The van der Waals surface area contributed by atoms with Crippen molar-refractivity contribution in [3.05, 3.63) is 53.2 Å². The zero-order chi connectivity index (χ0) is 16.8. The van der Waals surface area contributed by atoms with Crippen molar-refractivity contribution in [2.45, 2.75) is 23.2 Å². The maximum Gasteiger partial charge on any atom is 0.291 e. The Bertz CT molecular complexity index is 834. The second-order valence-electron chi connectivity index (χ2n) is 5.76. The van der Waals surface area contributed by atoms with Gasteiger partial charge in [0.05, 0.1) is 17.3 Å². The Morgan fingerprint density at radius 2 is 1.92 bits per heavy atom. The molecule has 0 saturated heterocycles. The molecular formula is C17H16N3O2S2+. The molecule has 0 aliphatic carbocycles. The molecule has 1 unspecified atom stereocenters. The number of fused-ring (bicyclic) bond motifs is 2. The zero-order valence-corrected chi connectivity index (χ0v) is 14.9. The second kappa shape index (κ2) is 5.82. The van der Waals surface area contributed by atoms with Gasteiger partial charge in [0, 0.05) is 0 Å². The summed E-state index contributed by atoms with van der Waals surface area (Å²) in [6.45, 7) is 2.23. The third-order valence-corrected chi connectivity index (χ3v) is 6.42. The Morgan fingerprint density at radius 3 is 2.54 bits per heavy atom. The highest BCUT2D eigenvalue weighted by Gasteiger charge is 2.38.